The number of amides is 2. The summed E-state index contributed by atoms with van der Waals surface area (Å²) in [7, 11) is 0. The van der Waals surface area contributed by atoms with E-state index < -0.39 is 0 Å². The minimum absolute atomic E-state index is 0.0270. The van der Waals surface area contributed by atoms with Crippen LogP contribution in [0.5, 0.6) is 5.75 Å². The van der Waals surface area contributed by atoms with Gasteiger partial charge in [0.05, 0.1) is 0 Å². The largest absolute Gasteiger partial charge is 0.483 e. The van der Waals surface area contributed by atoms with Crippen molar-refractivity contribution in [1.82, 2.24) is 9.80 Å². The van der Waals surface area contributed by atoms with Crippen LogP contribution in [0.1, 0.15) is 55.6 Å². The Labute approximate surface area is 186 Å². The number of ether oxygens (including phenoxy) is 1. The van der Waals surface area contributed by atoms with Crippen LogP contribution in [0.4, 0.5) is 0 Å². The van der Waals surface area contributed by atoms with Crippen molar-refractivity contribution in [3.8, 4) is 5.75 Å². The molecule has 0 N–H and O–H groups in total. The van der Waals surface area contributed by atoms with E-state index in [-0.39, 0.29) is 23.8 Å². The second kappa shape index (κ2) is 9.99. The van der Waals surface area contributed by atoms with Crippen LogP contribution < -0.4 is 4.74 Å². The average Bonchev–Trinajstić information content (AvgIpc) is 3.03. The standard InChI is InChI=1S/C26H34N2O3/c1-5-20-9-6-7-10-23(20)31-19-24(29)27-15-8-16-28(18-17-27)25(30)21-11-13-22(14-12-21)26(2,3)4/h6-7,9-14H,5,8,15-19H2,1-4H3. The molecule has 3 rings (SSSR count). The highest BCUT2D eigenvalue weighted by atomic mass is 16.5. The minimum Gasteiger partial charge on any atom is -0.483 e. The maximum atomic E-state index is 13.0. The van der Waals surface area contributed by atoms with Gasteiger partial charge in [-0.15, -0.1) is 0 Å². The zero-order chi connectivity index (χ0) is 22.4. The van der Waals surface area contributed by atoms with Crippen molar-refractivity contribution >= 4 is 11.8 Å². The van der Waals surface area contributed by atoms with Gasteiger partial charge in [0, 0.05) is 31.7 Å². The molecule has 2 aromatic rings. The Morgan fingerprint density at radius 3 is 2.23 bits per heavy atom. The number of para-hydroxylation sites is 1. The van der Waals surface area contributed by atoms with Crippen LogP contribution in [-0.2, 0) is 16.6 Å². The van der Waals surface area contributed by atoms with Crippen LogP contribution in [0.2, 0.25) is 0 Å². The van der Waals surface area contributed by atoms with Gasteiger partial charge in [0.25, 0.3) is 11.8 Å². The number of carbonyl (C=O) groups is 2. The van der Waals surface area contributed by atoms with Crippen LogP contribution >= 0.6 is 0 Å². The SMILES string of the molecule is CCc1ccccc1OCC(=O)N1CCCN(C(=O)c2ccc(C(C)(C)C)cc2)CC1. The molecule has 0 aromatic heterocycles. The highest BCUT2D eigenvalue weighted by molar-refractivity contribution is 5.94. The zero-order valence-electron chi connectivity index (χ0n) is 19.2. The molecule has 0 spiro atoms. The van der Waals surface area contributed by atoms with Gasteiger partial charge in [-0.3, -0.25) is 9.59 Å². The first-order valence-corrected chi connectivity index (χ1v) is 11.2. The molecule has 0 unspecified atom stereocenters. The van der Waals surface area contributed by atoms with Crippen LogP contribution in [0.3, 0.4) is 0 Å². The summed E-state index contributed by atoms with van der Waals surface area (Å²) in [6, 6.07) is 15.7. The van der Waals surface area contributed by atoms with Gasteiger partial charge >= 0.3 is 0 Å². The van der Waals surface area contributed by atoms with E-state index in [1.165, 1.54) is 5.56 Å². The van der Waals surface area contributed by atoms with Gasteiger partial charge in [-0.25, -0.2) is 0 Å². The highest BCUT2D eigenvalue weighted by Gasteiger charge is 2.23. The van der Waals surface area contributed by atoms with Crippen molar-refractivity contribution in [2.75, 3.05) is 32.8 Å². The van der Waals surface area contributed by atoms with Crippen molar-refractivity contribution in [3.05, 3.63) is 65.2 Å². The number of benzene rings is 2. The van der Waals surface area contributed by atoms with E-state index >= 15 is 0 Å². The third-order valence-electron chi connectivity index (χ3n) is 5.84. The monoisotopic (exact) mass is 422 g/mol. The molecule has 166 valence electrons. The lowest BCUT2D eigenvalue weighted by atomic mass is 9.86. The lowest BCUT2D eigenvalue weighted by Gasteiger charge is -2.23. The number of carbonyl (C=O) groups excluding carboxylic acids is 2. The molecule has 5 heteroatoms. The number of aryl methyl sites for hydroxylation is 1. The maximum absolute atomic E-state index is 13.0. The van der Waals surface area contributed by atoms with E-state index in [1.54, 1.807) is 0 Å². The molecule has 0 saturated carbocycles. The van der Waals surface area contributed by atoms with Crippen molar-refractivity contribution in [3.63, 3.8) is 0 Å². The van der Waals surface area contributed by atoms with Crippen molar-refractivity contribution in [2.24, 2.45) is 0 Å². The number of nitrogens with zero attached hydrogens (tertiary/aromatic N) is 2. The molecule has 0 bridgehead atoms. The molecule has 31 heavy (non-hydrogen) atoms. The van der Waals surface area contributed by atoms with Crippen molar-refractivity contribution in [1.29, 1.82) is 0 Å². The molecule has 2 aromatic carbocycles. The summed E-state index contributed by atoms with van der Waals surface area (Å²) in [6.07, 6.45) is 1.63. The minimum atomic E-state index is -0.0327. The van der Waals surface area contributed by atoms with E-state index in [0.717, 1.165) is 24.2 Å². The lowest BCUT2D eigenvalue weighted by molar-refractivity contribution is -0.133. The normalized spacial score (nSPS) is 14.8. The fraction of sp³-hybridized carbons (Fsp3) is 0.462. The Morgan fingerprint density at radius 2 is 1.55 bits per heavy atom. The van der Waals surface area contributed by atoms with Gasteiger partial charge in [0.1, 0.15) is 5.75 Å². The first kappa shape index (κ1) is 22.9. The molecule has 1 fully saturated rings. The highest BCUT2D eigenvalue weighted by Crippen LogP contribution is 2.23. The third kappa shape index (κ3) is 5.87. The Balaban J connectivity index is 1.56. The topological polar surface area (TPSA) is 49.9 Å². The van der Waals surface area contributed by atoms with Gasteiger partial charge in [0.2, 0.25) is 0 Å². The second-order valence-corrected chi connectivity index (χ2v) is 9.10. The zero-order valence-corrected chi connectivity index (χ0v) is 19.2. The molecule has 0 radical (unpaired) electrons. The predicted octanol–water partition coefficient (Wildman–Crippen LogP) is 4.30. The molecular weight excluding hydrogens is 388 g/mol. The number of hydrogen-bond acceptors (Lipinski definition) is 3. The van der Waals surface area contributed by atoms with E-state index in [1.807, 2.05) is 58.3 Å². The second-order valence-electron chi connectivity index (χ2n) is 9.10. The number of hydrogen-bond donors (Lipinski definition) is 0. The Morgan fingerprint density at radius 1 is 0.903 bits per heavy atom. The fourth-order valence-electron chi connectivity index (χ4n) is 3.83. The summed E-state index contributed by atoms with van der Waals surface area (Å²) in [5, 5.41) is 0. The van der Waals surface area contributed by atoms with Crippen LogP contribution in [0.25, 0.3) is 0 Å². The summed E-state index contributed by atoms with van der Waals surface area (Å²) in [4.78, 5) is 29.3. The van der Waals surface area contributed by atoms with Gasteiger partial charge in [-0.2, -0.15) is 0 Å². The van der Waals surface area contributed by atoms with E-state index in [0.29, 0.717) is 31.7 Å². The fourth-order valence-corrected chi connectivity index (χ4v) is 3.83. The first-order chi connectivity index (χ1) is 14.8. The molecule has 0 aliphatic carbocycles. The molecule has 1 heterocycles. The molecular formula is C26H34N2O3. The summed E-state index contributed by atoms with van der Waals surface area (Å²) >= 11 is 0. The Hall–Kier alpha value is -2.82. The van der Waals surface area contributed by atoms with Gasteiger partial charge in [0.15, 0.2) is 6.61 Å². The molecule has 1 aliphatic rings. The van der Waals surface area contributed by atoms with Crippen molar-refractivity contribution < 1.29 is 14.3 Å². The predicted molar refractivity (Wildman–Crippen MR) is 124 cm³/mol. The van der Waals surface area contributed by atoms with Crippen molar-refractivity contribution in [2.45, 2.75) is 46.0 Å². The van der Waals surface area contributed by atoms with Crippen LogP contribution in [0.15, 0.2) is 48.5 Å². The molecule has 5 nitrogen and oxygen atoms in total. The Kier molecular flexibility index (Phi) is 7.37. The summed E-state index contributed by atoms with van der Waals surface area (Å²) in [5.41, 5.74) is 3.07. The summed E-state index contributed by atoms with van der Waals surface area (Å²) in [5.74, 6) is 0.765. The van der Waals surface area contributed by atoms with Gasteiger partial charge in [-0.05, 0) is 47.6 Å². The maximum Gasteiger partial charge on any atom is 0.260 e. The van der Waals surface area contributed by atoms with E-state index in [9.17, 15) is 9.59 Å². The Bertz CT molecular complexity index is 900. The number of rotatable bonds is 5. The summed E-state index contributed by atoms with van der Waals surface area (Å²) in [6.45, 7) is 11.0. The first-order valence-electron chi connectivity index (χ1n) is 11.2. The molecule has 2 amide bonds. The third-order valence-corrected chi connectivity index (χ3v) is 5.84. The lowest BCUT2D eigenvalue weighted by Crippen LogP contribution is -2.39. The van der Waals surface area contributed by atoms with E-state index in [4.69, 9.17) is 4.74 Å². The smallest absolute Gasteiger partial charge is 0.260 e. The van der Waals surface area contributed by atoms with E-state index in [2.05, 4.69) is 27.7 Å². The van der Waals surface area contributed by atoms with Gasteiger partial charge in [-0.1, -0.05) is 58.0 Å². The quantitative estimate of drug-likeness (QED) is 0.722. The summed E-state index contributed by atoms with van der Waals surface area (Å²) < 4.78 is 5.79. The van der Waals surface area contributed by atoms with Crippen LogP contribution in [-0.4, -0.2) is 54.4 Å². The average molecular weight is 423 g/mol. The molecule has 1 aliphatic heterocycles. The van der Waals surface area contributed by atoms with Gasteiger partial charge < -0.3 is 14.5 Å². The molecule has 1 saturated heterocycles. The molecule has 0 atom stereocenters. The van der Waals surface area contributed by atoms with Crippen LogP contribution in [0, 0.1) is 0 Å².